The lowest BCUT2D eigenvalue weighted by Gasteiger charge is -2.18. The van der Waals surface area contributed by atoms with Crippen molar-refractivity contribution in [3.63, 3.8) is 0 Å². The number of sulfonamides is 1. The third-order valence-electron chi connectivity index (χ3n) is 3.91. The first-order valence-corrected chi connectivity index (χ1v) is 10.1. The van der Waals surface area contributed by atoms with Crippen molar-refractivity contribution >= 4 is 33.2 Å². The second kappa shape index (κ2) is 8.42. The molecule has 0 aromatic heterocycles. The molecule has 0 heterocycles. The van der Waals surface area contributed by atoms with E-state index in [0.717, 1.165) is 21.9 Å². The van der Waals surface area contributed by atoms with Gasteiger partial charge in [0, 0.05) is 13.6 Å². The van der Waals surface area contributed by atoms with Crippen molar-refractivity contribution < 1.29 is 17.9 Å². The smallest absolute Gasteiger partial charge is 0.252 e. The van der Waals surface area contributed by atoms with Crippen LogP contribution in [0.15, 0.2) is 42.5 Å². The molecule has 0 aliphatic rings. The van der Waals surface area contributed by atoms with Crippen molar-refractivity contribution in [2.24, 2.45) is 0 Å². The van der Waals surface area contributed by atoms with Gasteiger partial charge < -0.3 is 10.1 Å². The molecule has 0 radical (unpaired) electrons. The van der Waals surface area contributed by atoms with Crippen LogP contribution < -0.4 is 14.4 Å². The Bertz CT molecular complexity index is 883. The van der Waals surface area contributed by atoms with Crippen molar-refractivity contribution in [3.8, 4) is 5.75 Å². The fourth-order valence-corrected chi connectivity index (χ4v) is 2.98. The summed E-state index contributed by atoms with van der Waals surface area (Å²) in [6, 6.07) is 12.1. The van der Waals surface area contributed by atoms with Crippen LogP contribution in [0.4, 0.5) is 5.69 Å². The van der Waals surface area contributed by atoms with E-state index in [1.54, 1.807) is 13.2 Å². The standard InChI is InChI=1S/C18H21ClN2O4S/c1-21(26(3,23)24)14-6-9-17(19)16(12-14)18(22)20-11-10-13-4-7-15(25-2)8-5-13/h4-9,12H,10-11H2,1-3H3,(H,20,22). The minimum absolute atomic E-state index is 0.231. The summed E-state index contributed by atoms with van der Waals surface area (Å²) in [5.74, 6) is 0.420. The first-order valence-electron chi connectivity index (χ1n) is 7.87. The summed E-state index contributed by atoms with van der Waals surface area (Å²) in [5.41, 5.74) is 1.66. The second-order valence-corrected chi connectivity index (χ2v) is 8.17. The highest BCUT2D eigenvalue weighted by atomic mass is 35.5. The number of benzene rings is 2. The molecule has 0 saturated heterocycles. The average molecular weight is 397 g/mol. The Morgan fingerprint density at radius 3 is 2.42 bits per heavy atom. The molecule has 0 bridgehead atoms. The number of ether oxygens (including phenoxy) is 1. The summed E-state index contributed by atoms with van der Waals surface area (Å²) in [7, 11) is -0.396. The maximum Gasteiger partial charge on any atom is 0.252 e. The molecule has 0 saturated carbocycles. The Labute approximate surface area is 158 Å². The minimum Gasteiger partial charge on any atom is -0.497 e. The number of carbonyl (C=O) groups is 1. The maximum atomic E-state index is 12.4. The number of hydrogen-bond donors (Lipinski definition) is 1. The minimum atomic E-state index is -3.42. The van der Waals surface area contributed by atoms with Gasteiger partial charge in [-0.3, -0.25) is 9.10 Å². The van der Waals surface area contributed by atoms with E-state index < -0.39 is 10.0 Å². The van der Waals surface area contributed by atoms with Crippen LogP contribution in [0.25, 0.3) is 0 Å². The van der Waals surface area contributed by atoms with E-state index in [4.69, 9.17) is 16.3 Å². The first-order chi connectivity index (χ1) is 12.2. The van der Waals surface area contributed by atoms with E-state index in [9.17, 15) is 13.2 Å². The highest BCUT2D eigenvalue weighted by Crippen LogP contribution is 2.24. The molecule has 26 heavy (non-hydrogen) atoms. The summed E-state index contributed by atoms with van der Waals surface area (Å²) < 4.78 is 29.5. The molecule has 1 amide bonds. The Hall–Kier alpha value is -2.25. The fraction of sp³-hybridized carbons (Fsp3) is 0.278. The molecule has 2 aromatic carbocycles. The summed E-state index contributed by atoms with van der Waals surface area (Å²) in [6.45, 7) is 0.424. The SMILES string of the molecule is COc1ccc(CCNC(=O)c2cc(N(C)S(C)(=O)=O)ccc2Cl)cc1. The van der Waals surface area contributed by atoms with E-state index in [0.29, 0.717) is 18.7 Å². The van der Waals surface area contributed by atoms with E-state index in [2.05, 4.69) is 5.32 Å². The zero-order valence-corrected chi connectivity index (χ0v) is 16.4. The van der Waals surface area contributed by atoms with Crippen LogP contribution in [0.5, 0.6) is 5.75 Å². The van der Waals surface area contributed by atoms with Crippen LogP contribution in [-0.4, -0.2) is 41.3 Å². The molecular weight excluding hydrogens is 376 g/mol. The van der Waals surface area contributed by atoms with Crippen LogP contribution in [0, 0.1) is 0 Å². The van der Waals surface area contributed by atoms with Gasteiger partial charge in [-0.15, -0.1) is 0 Å². The molecule has 0 spiro atoms. The number of anilines is 1. The van der Waals surface area contributed by atoms with Gasteiger partial charge in [-0.2, -0.15) is 0 Å². The van der Waals surface area contributed by atoms with Crippen LogP contribution >= 0.6 is 11.6 Å². The molecule has 0 aliphatic carbocycles. The Kier molecular flexibility index (Phi) is 6.50. The third-order valence-corrected chi connectivity index (χ3v) is 5.45. The van der Waals surface area contributed by atoms with Crippen LogP contribution in [-0.2, 0) is 16.4 Å². The molecule has 0 atom stereocenters. The normalized spacial score (nSPS) is 11.1. The second-order valence-electron chi connectivity index (χ2n) is 5.75. The molecule has 6 nitrogen and oxygen atoms in total. The number of amides is 1. The van der Waals surface area contributed by atoms with Gasteiger partial charge in [-0.05, 0) is 42.3 Å². The maximum absolute atomic E-state index is 12.4. The van der Waals surface area contributed by atoms with E-state index in [1.165, 1.54) is 19.2 Å². The Balaban J connectivity index is 2.04. The molecule has 2 rings (SSSR count). The quantitative estimate of drug-likeness (QED) is 0.780. The van der Waals surface area contributed by atoms with Crippen molar-refractivity contribution in [2.45, 2.75) is 6.42 Å². The van der Waals surface area contributed by atoms with Crippen molar-refractivity contribution in [2.75, 3.05) is 31.3 Å². The van der Waals surface area contributed by atoms with Gasteiger partial charge in [-0.25, -0.2) is 8.42 Å². The van der Waals surface area contributed by atoms with E-state index in [-0.39, 0.29) is 16.5 Å². The van der Waals surface area contributed by atoms with Crippen LogP contribution in [0.3, 0.4) is 0 Å². The van der Waals surface area contributed by atoms with Gasteiger partial charge in [0.1, 0.15) is 5.75 Å². The molecule has 0 unspecified atom stereocenters. The molecular formula is C18H21ClN2O4S. The summed E-state index contributed by atoms with van der Waals surface area (Å²) in [6.07, 6.45) is 1.74. The topological polar surface area (TPSA) is 75.7 Å². The van der Waals surface area contributed by atoms with E-state index >= 15 is 0 Å². The van der Waals surface area contributed by atoms with Crippen molar-refractivity contribution in [3.05, 3.63) is 58.6 Å². The first kappa shape index (κ1) is 20.1. The van der Waals surface area contributed by atoms with Gasteiger partial charge in [0.15, 0.2) is 0 Å². The number of nitrogens with zero attached hydrogens (tertiary/aromatic N) is 1. The lowest BCUT2D eigenvalue weighted by molar-refractivity contribution is 0.0954. The summed E-state index contributed by atoms with van der Waals surface area (Å²) >= 11 is 6.10. The van der Waals surface area contributed by atoms with Gasteiger partial charge >= 0.3 is 0 Å². The molecule has 0 aliphatic heterocycles. The van der Waals surface area contributed by atoms with E-state index in [1.807, 2.05) is 24.3 Å². The predicted molar refractivity (Wildman–Crippen MR) is 104 cm³/mol. The zero-order valence-electron chi connectivity index (χ0n) is 14.8. The molecule has 1 N–H and O–H groups in total. The summed E-state index contributed by atoms with van der Waals surface area (Å²) in [4.78, 5) is 12.4. The molecule has 0 fully saturated rings. The third kappa shape index (κ3) is 5.12. The Morgan fingerprint density at radius 2 is 1.85 bits per heavy atom. The molecule has 140 valence electrons. The zero-order chi connectivity index (χ0) is 19.3. The largest absolute Gasteiger partial charge is 0.497 e. The highest BCUT2D eigenvalue weighted by molar-refractivity contribution is 7.92. The number of hydrogen-bond acceptors (Lipinski definition) is 4. The van der Waals surface area contributed by atoms with Gasteiger partial charge in [0.2, 0.25) is 10.0 Å². The monoisotopic (exact) mass is 396 g/mol. The van der Waals surface area contributed by atoms with Crippen molar-refractivity contribution in [1.29, 1.82) is 0 Å². The van der Waals surface area contributed by atoms with Crippen LogP contribution in [0.1, 0.15) is 15.9 Å². The fourth-order valence-electron chi connectivity index (χ4n) is 2.28. The van der Waals surface area contributed by atoms with Gasteiger partial charge in [0.05, 0.1) is 29.6 Å². The lowest BCUT2D eigenvalue weighted by Crippen LogP contribution is -2.28. The lowest BCUT2D eigenvalue weighted by atomic mass is 10.1. The van der Waals surface area contributed by atoms with Crippen molar-refractivity contribution in [1.82, 2.24) is 5.32 Å². The predicted octanol–water partition coefficient (Wildman–Crippen LogP) is 2.72. The van der Waals surface area contributed by atoms with Crippen LogP contribution in [0.2, 0.25) is 5.02 Å². The number of halogens is 1. The van der Waals surface area contributed by atoms with Gasteiger partial charge in [0.25, 0.3) is 5.91 Å². The number of methoxy groups -OCH3 is 1. The molecule has 2 aromatic rings. The van der Waals surface area contributed by atoms with Gasteiger partial charge in [-0.1, -0.05) is 23.7 Å². The Morgan fingerprint density at radius 1 is 1.19 bits per heavy atom. The molecule has 8 heteroatoms. The average Bonchev–Trinajstić information content (AvgIpc) is 2.61. The number of rotatable bonds is 7. The highest BCUT2D eigenvalue weighted by Gasteiger charge is 2.16. The number of nitrogens with one attached hydrogen (secondary N) is 1. The summed E-state index contributed by atoms with van der Waals surface area (Å²) in [5, 5.41) is 3.06. The number of carbonyl (C=O) groups excluding carboxylic acids is 1.